The zero-order valence-corrected chi connectivity index (χ0v) is 19.8. The number of likely N-dealkylation sites (N-methyl/N-ethyl adjacent to an activating group) is 1. The van der Waals surface area contributed by atoms with Crippen LogP contribution in [0.25, 0.3) is 5.57 Å². The first-order valence-corrected chi connectivity index (χ1v) is 11.5. The van der Waals surface area contributed by atoms with E-state index in [1.54, 1.807) is 19.5 Å². The molecule has 2 amide bonds. The summed E-state index contributed by atoms with van der Waals surface area (Å²) in [5, 5.41) is 0. The first kappa shape index (κ1) is 23.2. The normalized spacial score (nSPS) is 13.6. The topological polar surface area (TPSA) is 62.7 Å². The Bertz CT molecular complexity index is 1190. The molecule has 0 aliphatic carbocycles. The Balaban J connectivity index is 1.69. The van der Waals surface area contributed by atoms with Crippen molar-refractivity contribution < 1.29 is 14.3 Å². The molecule has 0 atom stereocenters. The number of carbonyl (C=O) groups is 2. The summed E-state index contributed by atoms with van der Waals surface area (Å²) >= 11 is 0. The second-order valence-corrected chi connectivity index (χ2v) is 8.32. The molecule has 0 bridgehead atoms. The third-order valence-corrected chi connectivity index (χ3v) is 6.10. The third-order valence-electron chi connectivity index (χ3n) is 6.10. The van der Waals surface area contributed by atoms with E-state index in [2.05, 4.69) is 4.98 Å². The van der Waals surface area contributed by atoms with E-state index >= 15 is 0 Å². The molecule has 1 aromatic heterocycles. The number of amides is 2. The molecule has 0 saturated carbocycles. The Morgan fingerprint density at radius 3 is 2.18 bits per heavy atom. The van der Waals surface area contributed by atoms with Gasteiger partial charge in [0.2, 0.25) is 0 Å². The molecule has 2 aromatic carbocycles. The maximum absolute atomic E-state index is 13.7. The van der Waals surface area contributed by atoms with Gasteiger partial charge in [-0.05, 0) is 61.2 Å². The summed E-state index contributed by atoms with van der Waals surface area (Å²) in [7, 11) is 1.60. The third kappa shape index (κ3) is 4.86. The van der Waals surface area contributed by atoms with E-state index < -0.39 is 0 Å². The number of aryl methyl sites for hydroxylation is 1. The second-order valence-electron chi connectivity index (χ2n) is 8.32. The highest BCUT2D eigenvalue weighted by Crippen LogP contribution is 2.33. The Hall–Kier alpha value is -3.93. The maximum atomic E-state index is 13.7. The summed E-state index contributed by atoms with van der Waals surface area (Å²) in [5.74, 6) is 0.172. The summed E-state index contributed by atoms with van der Waals surface area (Å²) in [4.78, 5) is 34.7. The first-order valence-electron chi connectivity index (χ1n) is 11.5. The van der Waals surface area contributed by atoms with Gasteiger partial charge in [0.15, 0.2) is 0 Å². The van der Waals surface area contributed by atoms with Crippen molar-refractivity contribution in [3.8, 4) is 5.75 Å². The molecule has 0 fully saturated rings. The predicted molar refractivity (Wildman–Crippen MR) is 132 cm³/mol. The molecule has 1 aliphatic rings. The van der Waals surface area contributed by atoms with Crippen LogP contribution in [0.4, 0.5) is 0 Å². The fourth-order valence-corrected chi connectivity index (χ4v) is 4.14. The van der Waals surface area contributed by atoms with E-state index in [0.717, 1.165) is 23.1 Å². The van der Waals surface area contributed by atoms with Crippen molar-refractivity contribution in [2.24, 2.45) is 0 Å². The van der Waals surface area contributed by atoms with Crippen LogP contribution in [-0.4, -0.2) is 46.8 Å². The monoisotopic (exact) mass is 455 g/mol. The van der Waals surface area contributed by atoms with Gasteiger partial charge >= 0.3 is 0 Å². The number of rotatable bonds is 9. The lowest BCUT2D eigenvalue weighted by molar-refractivity contribution is -0.138. The van der Waals surface area contributed by atoms with Crippen LogP contribution in [0.2, 0.25) is 0 Å². The SMILES string of the molecule is CCN(CCc1ccncc1)C1=C(c2ccc(OC)cc2)C(=O)N(Cc2ccc(C)cc2)C1=O. The number of aromatic nitrogens is 1. The highest BCUT2D eigenvalue weighted by atomic mass is 16.5. The zero-order chi connectivity index (χ0) is 24.1. The molecule has 3 aromatic rings. The van der Waals surface area contributed by atoms with Crippen molar-refractivity contribution in [2.45, 2.75) is 26.8 Å². The van der Waals surface area contributed by atoms with Crippen molar-refractivity contribution in [1.29, 1.82) is 0 Å². The molecule has 6 nitrogen and oxygen atoms in total. The van der Waals surface area contributed by atoms with Crippen LogP contribution < -0.4 is 4.74 Å². The molecule has 6 heteroatoms. The van der Waals surface area contributed by atoms with Gasteiger partial charge in [-0.3, -0.25) is 19.5 Å². The van der Waals surface area contributed by atoms with Gasteiger partial charge in [-0.1, -0.05) is 42.0 Å². The molecule has 174 valence electrons. The predicted octanol–water partition coefficient (Wildman–Crippen LogP) is 4.24. The highest BCUT2D eigenvalue weighted by Gasteiger charge is 2.41. The lowest BCUT2D eigenvalue weighted by atomic mass is 10.0. The number of imide groups is 1. The lowest BCUT2D eigenvalue weighted by Gasteiger charge is -2.25. The zero-order valence-electron chi connectivity index (χ0n) is 19.8. The number of carbonyl (C=O) groups excluding carboxylic acids is 2. The van der Waals surface area contributed by atoms with Crippen LogP contribution in [-0.2, 0) is 22.6 Å². The molecule has 0 saturated heterocycles. The molecule has 4 rings (SSSR count). The van der Waals surface area contributed by atoms with Crippen LogP contribution in [0.3, 0.4) is 0 Å². The van der Waals surface area contributed by atoms with Crippen LogP contribution in [0, 0.1) is 6.92 Å². The Labute approximate surface area is 200 Å². The summed E-state index contributed by atoms with van der Waals surface area (Å²) in [6.07, 6.45) is 4.28. The minimum atomic E-state index is -0.270. The second kappa shape index (κ2) is 10.3. The number of nitrogens with zero attached hydrogens (tertiary/aromatic N) is 3. The average molecular weight is 456 g/mol. The number of pyridine rings is 1. The molecule has 2 heterocycles. The Kier molecular flexibility index (Phi) is 7.07. The molecular formula is C28H29N3O3. The fourth-order valence-electron chi connectivity index (χ4n) is 4.14. The van der Waals surface area contributed by atoms with E-state index in [1.165, 1.54) is 4.90 Å². The molecule has 1 aliphatic heterocycles. The van der Waals surface area contributed by atoms with Crippen LogP contribution in [0.5, 0.6) is 5.75 Å². The van der Waals surface area contributed by atoms with Gasteiger partial charge in [-0.15, -0.1) is 0 Å². The van der Waals surface area contributed by atoms with Crippen LogP contribution in [0.15, 0.2) is 78.8 Å². The Morgan fingerprint density at radius 2 is 1.56 bits per heavy atom. The molecular weight excluding hydrogens is 426 g/mol. The summed E-state index contributed by atoms with van der Waals surface area (Å²) in [6, 6.07) is 19.1. The largest absolute Gasteiger partial charge is 0.497 e. The van der Waals surface area contributed by atoms with Gasteiger partial charge < -0.3 is 9.64 Å². The summed E-state index contributed by atoms with van der Waals surface area (Å²) < 4.78 is 5.28. The highest BCUT2D eigenvalue weighted by molar-refractivity contribution is 6.35. The van der Waals surface area contributed by atoms with Crippen LogP contribution in [0.1, 0.15) is 29.2 Å². The first-order chi connectivity index (χ1) is 16.5. The van der Waals surface area contributed by atoms with Gasteiger partial charge in [0.25, 0.3) is 11.8 Å². The van der Waals surface area contributed by atoms with Gasteiger partial charge in [0.05, 0.1) is 19.2 Å². The van der Waals surface area contributed by atoms with E-state index in [4.69, 9.17) is 4.74 Å². The van der Waals surface area contributed by atoms with Crippen molar-refractivity contribution in [2.75, 3.05) is 20.2 Å². The molecule has 0 unspecified atom stereocenters. The minimum Gasteiger partial charge on any atom is -0.497 e. The number of methoxy groups -OCH3 is 1. The van der Waals surface area contributed by atoms with Gasteiger partial charge in [0, 0.05) is 25.5 Å². The van der Waals surface area contributed by atoms with Gasteiger partial charge in [-0.2, -0.15) is 0 Å². The molecule has 0 N–H and O–H groups in total. The fraction of sp³-hybridized carbons (Fsp3) is 0.250. The number of ether oxygens (including phenoxy) is 1. The van der Waals surface area contributed by atoms with Crippen molar-refractivity contribution in [3.05, 3.63) is 101 Å². The van der Waals surface area contributed by atoms with E-state index in [0.29, 0.717) is 35.7 Å². The lowest BCUT2D eigenvalue weighted by Crippen LogP contribution is -2.35. The van der Waals surface area contributed by atoms with Crippen molar-refractivity contribution in [1.82, 2.24) is 14.8 Å². The van der Waals surface area contributed by atoms with Crippen molar-refractivity contribution >= 4 is 17.4 Å². The average Bonchev–Trinajstić information content (AvgIpc) is 3.11. The van der Waals surface area contributed by atoms with E-state index in [9.17, 15) is 9.59 Å². The quantitative estimate of drug-likeness (QED) is 0.452. The smallest absolute Gasteiger partial charge is 0.278 e. The summed E-state index contributed by atoms with van der Waals surface area (Å²) in [5.41, 5.74) is 4.79. The number of benzene rings is 2. The molecule has 34 heavy (non-hydrogen) atoms. The maximum Gasteiger partial charge on any atom is 0.278 e. The van der Waals surface area contributed by atoms with Crippen LogP contribution >= 0.6 is 0 Å². The van der Waals surface area contributed by atoms with Crippen molar-refractivity contribution in [3.63, 3.8) is 0 Å². The molecule has 0 radical (unpaired) electrons. The Morgan fingerprint density at radius 1 is 0.882 bits per heavy atom. The van der Waals surface area contributed by atoms with E-state index in [-0.39, 0.29) is 18.4 Å². The standard InChI is InChI=1S/C28H29N3O3/c1-4-30(18-15-21-13-16-29-17-14-21)26-25(23-9-11-24(34-3)12-10-23)27(32)31(28(26)33)19-22-7-5-20(2)6-8-22/h5-14,16-17H,4,15,18-19H2,1-3H3. The van der Waals surface area contributed by atoms with Gasteiger partial charge in [0.1, 0.15) is 11.4 Å². The summed E-state index contributed by atoms with van der Waals surface area (Å²) in [6.45, 7) is 5.48. The molecule has 0 spiro atoms. The van der Waals surface area contributed by atoms with E-state index in [1.807, 2.05) is 79.4 Å². The number of hydrogen-bond acceptors (Lipinski definition) is 5. The van der Waals surface area contributed by atoms with Gasteiger partial charge in [-0.25, -0.2) is 0 Å². The number of hydrogen-bond donors (Lipinski definition) is 0. The minimum absolute atomic E-state index is 0.239.